The highest BCUT2D eigenvalue weighted by Crippen LogP contribution is 2.44. The molecule has 0 bridgehead atoms. The van der Waals surface area contributed by atoms with E-state index in [9.17, 15) is 0 Å². The first kappa shape index (κ1) is 16.2. The molecule has 5 rings (SSSR count). The average Bonchev–Trinajstić information content (AvgIpc) is 3.10. The van der Waals surface area contributed by atoms with E-state index in [4.69, 9.17) is 10.7 Å². The summed E-state index contributed by atoms with van der Waals surface area (Å²) in [6, 6.07) is 4.30. The zero-order chi connectivity index (χ0) is 18.4. The molecule has 1 aliphatic carbocycles. The predicted octanol–water partition coefficient (Wildman–Crippen LogP) is 4.31. The number of aromatic nitrogens is 4. The summed E-state index contributed by atoms with van der Waals surface area (Å²) in [4.78, 5) is 13.6. The van der Waals surface area contributed by atoms with Gasteiger partial charge in [0, 0.05) is 40.7 Å². The second-order valence-corrected chi connectivity index (χ2v) is 7.43. The number of fused-ring (bicyclic) bond motifs is 2. The predicted molar refractivity (Wildman–Crippen MR) is 107 cm³/mol. The van der Waals surface area contributed by atoms with Crippen molar-refractivity contribution in [3.63, 3.8) is 0 Å². The molecule has 0 saturated carbocycles. The summed E-state index contributed by atoms with van der Waals surface area (Å²) in [5.74, 6) is 2.13. The van der Waals surface area contributed by atoms with Crippen LogP contribution in [0.2, 0.25) is 0 Å². The minimum Gasteiger partial charge on any atom is -0.367 e. The van der Waals surface area contributed by atoms with Gasteiger partial charge in [-0.2, -0.15) is 0 Å². The van der Waals surface area contributed by atoms with E-state index in [0.29, 0.717) is 11.8 Å². The molecule has 1 unspecified atom stereocenters. The first-order chi connectivity index (χ1) is 13.2. The van der Waals surface area contributed by atoms with Gasteiger partial charge in [-0.3, -0.25) is 0 Å². The maximum Gasteiger partial charge on any atom is 0.238 e. The summed E-state index contributed by atoms with van der Waals surface area (Å²) in [5.41, 5.74) is 11.2. The van der Waals surface area contributed by atoms with E-state index in [0.717, 1.165) is 35.3 Å². The molecule has 1 aliphatic heterocycles. The van der Waals surface area contributed by atoms with Crippen molar-refractivity contribution in [2.75, 3.05) is 5.73 Å². The Labute approximate surface area is 157 Å². The summed E-state index contributed by atoms with van der Waals surface area (Å²) >= 11 is 0. The van der Waals surface area contributed by atoms with Crippen LogP contribution in [0.4, 0.5) is 11.8 Å². The topological polar surface area (TPSA) is 81.5 Å². The first-order valence-electron chi connectivity index (χ1n) is 9.51. The van der Waals surface area contributed by atoms with Crippen LogP contribution in [0.1, 0.15) is 44.1 Å². The lowest BCUT2D eigenvalue weighted by atomic mass is 9.79. The van der Waals surface area contributed by atoms with Gasteiger partial charge < -0.3 is 5.73 Å². The maximum atomic E-state index is 5.70. The minimum absolute atomic E-state index is 0.266. The molecule has 1 atom stereocenters. The largest absolute Gasteiger partial charge is 0.367 e. The molecule has 4 heterocycles. The lowest BCUT2D eigenvalue weighted by Crippen LogP contribution is -2.17. The van der Waals surface area contributed by atoms with Crippen molar-refractivity contribution in [3.8, 4) is 11.1 Å². The molecule has 3 aromatic heterocycles. The van der Waals surface area contributed by atoms with Gasteiger partial charge in [0.05, 0.1) is 11.7 Å². The molecule has 6 nitrogen and oxygen atoms in total. The third kappa shape index (κ3) is 2.72. The molecule has 6 heteroatoms. The number of allylic oxidation sites excluding steroid dienone is 2. The van der Waals surface area contributed by atoms with Crippen molar-refractivity contribution in [2.45, 2.75) is 38.5 Å². The van der Waals surface area contributed by atoms with Gasteiger partial charge >= 0.3 is 0 Å². The Kier molecular flexibility index (Phi) is 3.77. The Morgan fingerprint density at radius 1 is 1.11 bits per heavy atom. The average molecular weight is 358 g/mol. The zero-order valence-corrected chi connectivity index (χ0v) is 15.3. The van der Waals surface area contributed by atoms with Crippen LogP contribution in [0.25, 0.3) is 16.6 Å². The summed E-state index contributed by atoms with van der Waals surface area (Å²) in [6.45, 7) is 2.15. The Hall–Kier alpha value is -3.02. The Bertz CT molecular complexity index is 1070. The number of hydrogen-bond acceptors (Lipinski definition) is 5. The van der Waals surface area contributed by atoms with Crippen molar-refractivity contribution < 1.29 is 0 Å². The molecular formula is C21H22N6. The number of hydrogen-bond donors (Lipinski definition) is 1. The summed E-state index contributed by atoms with van der Waals surface area (Å²) < 4.78 is 1.76. The van der Waals surface area contributed by atoms with E-state index in [1.54, 1.807) is 10.7 Å². The molecule has 3 aromatic rings. The highest BCUT2D eigenvalue weighted by atomic mass is 15.3. The molecule has 0 saturated heterocycles. The molecule has 0 radical (unpaired) electrons. The fourth-order valence-corrected chi connectivity index (χ4v) is 4.49. The summed E-state index contributed by atoms with van der Waals surface area (Å²) in [7, 11) is 0. The van der Waals surface area contributed by atoms with Gasteiger partial charge in [-0.05, 0) is 50.7 Å². The number of pyridine rings is 1. The fourth-order valence-electron chi connectivity index (χ4n) is 4.49. The smallest absolute Gasteiger partial charge is 0.238 e. The van der Waals surface area contributed by atoms with Crippen LogP contribution < -0.4 is 5.73 Å². The van der Waals surface area contributed by atoms with E-state index in [1.165, 1.54) is 24.1 Å². The second kappa shape index (κ2) is 6.30. The number of nitrogen functional groups attached to an aromatic ring is 1. The van der Waals surface area contributed by atoms with Gasteiger partial charge in [0.25, 0.3) is 0 Å². The van der Waals surface area contributed by atoms with Crippen molar-refractivity contribution in [1.82, 2.24) is 19.6 Å². The standard InChI is InChI=1S/C21H22N6/c1-13-19(14-6-4-2-3-5-7-14)17-10-15(11-23-20(17)25-13)16-8-9-27-18(16)12-24-21(22)26-27/h2-3,8-12,14,19H,4-7H2,1H3,(H2,22,26). The molecule has 0 amide bonds. The van der Waals surface area contributed by atoms with Crippen LogP contribution >= 0.6 is 0 Å². The number of anilines is 1. The Morgan fingerprint density at radius 3 is 2.74 bits per heavy atom. The van der Waals surface area contributed by atoms with Crippen molar-refractivity contribution in [3.05, 3.63) is 48.4 Å². The van der Waals surface area contributed by atoms with E-state index >= 15 is 0 Å². The van der Waals surface area contributed by atoms with Crippen LogP contribution in [-0.2, 0) is 0 Å². The first-order valence-corrected chi connectivity index (χ1v) is 9.51. The van der Waals surface area contributed by atoms with Gasteiger partial charge in [-0.1, -0.05) is 12.2 Å². The van der Waals surface area contributed by atoms with Gasteiger partial charge in [0.15, 0.2) is 5.82 Å². The monoisotopic (exact) mass is 358 g/mol. The molecule has 0 aromatic carbocycles. The Morgan fingerprint density at radius 2 is 1.93 bits per heavy atom. The van der Waals surface area contributed by atoms with Gasteiger partial charge in [0.2, 0.25) is 5.95 Å². The minimum atomic E-state index is 0.266. The zero-order valence-electron chi connectivity index (χ0n) is 15.3. The number of rotatable bonds is 2. The van der Waals surface area contributed by atoms with Crippen LogP contribution in [0.3, 0.4) is 0 Å². The van der Waals surface area contributed by atoms with E-state index in [1.807, 2.05) is 18.5 Å². The third-order valence-electron chi connectivity index (χ3n) is 5.75. The normalized spacial score (nSPS) is 19.9. The second-order valence-electron chi connectivity index (χ2n) is 7.43. The fraction of sp³-hybridized carbons (Fsp3) is 0.333. The highest BCUT2D eigenvalue weighted by Gasteiger charge is 2.32. The van der Waals surface area contributed by atoms with Crippen molar-refractivity contribution in [1.29, 1.82) is 0 Å². The van der Waals surface area contributed by atoms with E-state index < -0.39 is 0 Å². The number of nitrogens with two attached hydrogens (primary N) is 1. The highest BCUT2D eigenvalue weighted by molar-refractivity contribution is 5.96. The third-order valence-corrected chi connectivity index (χ3v) is 5.75. The number of nitrogens with zero attached hydrogens (tertiary/aromatic N) is 5. The van der Waals surface area contributed by atoms with Crippen molar-refractivity contribution in [2.24, 2.45) is 10.9 Å². The molecule has 27 heavy (non-hydrogen) atoms. The maximum absolute atomic E-state index is 5.70. The molecule has 2 aliphatic rings. The van der Waals surface area contributed by atoms with Crippen molar-refractivity contribution >= 4 is 23.0 Å². The van der Waals surface area contributed by atoms with Crippen LogP contribution in [0.5, 0.6) is 0 Å². The Balaban J connectivity index is 1.56. The van der Waals surface area contributed by atoms with Crippen LogP contribution in [0.15, 0.2) is 47.9 Å². The molecule has 0 spiro atoms. The van der Waals surface area contributed by atoms with Crippen LogP contribution in [0, 0.1) is 5.92 Å². The molecule has 0 fully saturated rings. The van der Waals surface area contributed by atoms with Gasteiger partial charge in [-0.25, -0.2) is 19.5 Å². The van der Waals surface area contributed by atoms with Gasteiger partial charge in [0.1, 0.15) is 0 Å². The number of aliphatic imine (C=N–C) groups is 1. The van der Waals surface area contributed by atoms with E-state index in [2.05, 4.69) is 40.2 Å². The molecule has 2 N–H and O–H groups in total. The quantitative estimate of drug-likeness (QED) is 0.692. The van der Waals surface area contributed by atoms with Crippen LogP contribution in [-0.4, -0.2) is 25.3 Å². The molecule has 136 valence electrons. The molecular weight excluding hydrogens is 336 g/mol. The summed E-state index contributed by atoms with van der Waals surface area (Å²) in [6.07, 6.45) is 14.9. The van der Waals surface area contributed by atoms with E-state index in [-0.39, 0.29) is 5.95 Å². The SMILES string of the molecule is CC1=Nc2ncc(-c3ccn4nc(N)ncc34)cc2C1C1CCC=CCC1. The summed E-state index contributed by atoms with van der Waals surface area (Å²) in [5, 5.41) is 4.24. The lowest BCUT2D eigenvalue weighted by molar-refractivity contribution is 0.442. The lowest BCUT2D eigenvalue weighted by Gasteiger charge is -2.23. The van der Waals surface area contributed by atoms with Gasteiger partial charge in [-0.15, -0.1) is 5.10 Å².